The lowest BCUT2D eigenvalue weighted by molar-refractivity contribution is -0.384. The first-order valence-electron chi connectivity index (χ1n) is 10.0. The van der Waals surface area contributed by atoms with E-state index in [1.165, 1.54) is 23.5 Å². The van der Waals surface area contributed by atoms with E-state index < -0.39 is 4.92 Å². The summed E-state index contributed by atoms with van der Waals surface area (Å²) in [5.41, 5.74) is 2.11. The van der Waals surface area contributed by atoms with Crippen LogP contribution in [0.1, 0.15) is 18.2 Å². The first kappa shape index (κ1) is 21.4. The van der Waals surface area contributed by atoms with E-state index in [1.54, 1.807) is 23.2 Å². The molecule has 32 heavy (non-hydrogen) atoms. The molecular formula is C23H20N4O4S. The molecule has 2 aromatic heterocycles. The number of nitro groups is 1. The molecule has 0 saturated carbocycles. The highest BCUT2D eigenvalue weighted by Crippen LogP contribution is 2.35. The molecule has 0 aliphatic heterocycles. The molecule has 2 heterocycles. The van der Waals surface area contributed by atoms with Gasteiger partial charge in [-0.25, -0.2) is 4.98 Å². The molecule has 4 aromatic rings. The van der Waals surface area contributed by atoms with Crippen LogP contribution in [-0.2, 0) is 17.8 Å². The summed E-state index contributed by atoms with van der Waals surface area (Å²) in [4.78, 5) is 34.4. The van der Waals surface area contributed by atoms with Gasteiger partial charge in [-0.15, -0.1) is 0 Å². The molecule has 0 unspecified atom stereocenters. The SMILES string of the molecule is CCOc1cccc2sc(N(Cc3ccccn3)C(=O)Cc3ccc([N+](=O)[O-])cc3)nc12. The van der Waals surface area contributed by atoms with Crippen molar-refractivity contribution in [3.8, 4) is 5.75 Å². The van der Waals surface area contributed by atoms with E-state index in [0.29, 0.717) is 28.6 Å². The first-order chi connectivity index (χ1) is 15.5. The summed E-state index contributed by atoms with van der Waals surface area (Å²) < 4.78 is 6.61. The number of nitrogens with zero attached hydrogens (tertiary/aromatic N) is 4. The van der Waals surface area contributed by atoms with Crippen LogP contribution in [-0.4, -0.2) is 27.4 Å². The van der Waals surface area contributed by atoms with Gasteiger partial charge in [0, 0.05) is 18.3 Å². The average molecular weight is 449 g/mol. The second-order valence-electron chi connectivity index (χ2n) is 6.93. The van der Waals surface area contributed by atoms with Crippen molar-refractivity contribution < 1.29 is 14.5 Å². The molecule has 0 spiro atoms. The van der Waals surface area contributed by atoms with Crippen molar-refractivity contribution in [1.82, 2.24) is 9.97 Å². The van der Waals surface area contributed by atoms with Crippen LogP contribution in [0.5, 0.6) is 5.75 Å². The minimum Gasteiger partial charge on any atom is -0.492 e. The number of nitro benzene ring substituents is 1. The number of benzene rings is 2. The van der Waals surface area contributed by atoms with Gasteiger partial charge in [0.15, 0.2) is 5.13 Å². The van der Waals surface area contributed by atoms with Gasteiger partial charge in [-0.05, 0) is 36.8 Å². The number of non-ortho nitro benzene ring substituents is 1. The Bertz CT molecular complexity index is 1240. The van der Waals surface area contributed by atoms with Crippen LogP contribution in [0.3, 0.4) is 0 Å². The fourth-order valence-corrected chi connectivity index (χ4v) is 4.22. The number of amides is 1. The van der Waals surface area contributed by atoms with Crippen molar-refractivity contribution in [1.29, 1.82) is 0 Å². The highest BCUT2D eigenvalue weighted by molar-refractivity contribution is 7.22. The smallest absolute Gasteiger partial charge is 0.269 e. The predicted molar refractivity (Wildman–Crippen MR) is 123 cm³/mol. The zero-order valence-corrected chi connectivity index (χ0v) is 18.1. The predicted octanol–water partition coefficient (Wildman–Crippen LogP) is 4.77. The standard InChI is InChI=1S/C23H20N4O4S/c1-2-31-19-7-5-8-20-22(19)25-23(32-20)26(15-17-6-3-4-13-24-17)21(28)14-16-9-11-18(12-10-16)27(29)30/h3-13H,2,14-15H2,1H3. The van der Waals surface area contributed by atoms with Crippen molar-refractivity contribution in [3.63, 3.8) is 0 Å². The summed E-state index contributed by atoms with van der Waals surface area (Å²) in [6, 6.07) is 17.2. The quantitative estimate of drug-likeness (QED) is 0.284. The van der Waals surface area contributed by atoms with E-state index in [4.69, 9.17) is 9.72 Å². The number of carbonyl (C=O) groups is 1. The van der Waals surface area contributed by atoms with E-state index in [1.807, 2.05) is 43.3 Å². The Morgan fingerprint density at radius 1 is 1.12 bits per heavy atom. The molecule has 0 saturated heterocycles. The molecule has 0 radical (unpaired) electrons. The van der Waals surface area contributed by atoms with Gasteiger partial charge in [-0.2, -0.15) is 0 Å². The maximum Gasteiger partial charge on any atom is 0.269 e. The number of pyridine rings is 1. The van der Waals surface area contributed by atoms with Crippen molar-refractivity contribution in [2.75, 3.05) is 11.5 Å². The van der Waals surface area contributed by atoms with Crippen LogP contribution in [0.15, 0.2) is 66.9 Å². The fourth-order valence-electron chi connectivity index (χ4n) is 3.22. The Hall–Kier alpha value is -3.85. The van der Waals surface area contributed by atoms with Gasteiger partial charge in [-0.3, -0.25) is 24.8 Å². The lowest BCUT2D eigenvalue weighted by Crippen LogP contribution is -2.32. The molecule has 0 aliphatic carbocycles. The zero-order chi connectivity index (χ0) is 22.5. The number of ether oxygens (including phenoxy) is 1. The maximum atomic E-state index is 13.3. The number of hydrogen-bond acceptors (Lipinski definition) is 7. The van der Waals surface area contributed by atoms with Crippen LogP contribution < -0.4 is 9.64 Å². The number of carbonyl (C=O) groups excluding carboxylic acids is 1. The number of aromatic nitrogens is 2. The van der Waals surface area contributed by atoms with E-state index in [-0.39, 0.29) is 24.6 Å². The summed E-state index contributed by atoms with van der Waals surface area (Å²) in [7, 11) is 0. The monoisotopic (exact) mass is 448 g/mol. The average Bonchev–Trinajstić information content (AvgIpc) is 3.23. The van der Waals surface area contributed by atoms with Crippen LogP contribution in [0.4, 0.5) is 10.8 Å². The van der Waals surface area contributed by atoms with E-state index in [9.17, 15) is 14.9 Å². The lowest BCUT2D eigenvalue weighted by atomic mass is 10.1. The molecule has 4 rings (SSSR count). The second kappa shape index (κ2) is 9.52. The summed E-state index contributed by atoms with van der Waals surface area (Å²) in [6.45, 7) is 2.69. The van der Waals surface area contributed by atoms with Gasteiger partial charge in [0.05, 0.1) is 34.9 Å². The number of fused-ring (bicyclic) bond motifs is 1. The molecule has 0 aliphatic rings. The molecule has 9 heteroatoms. The van der Waals surface area contributed by atoms with Gasteiger partial charge < -0.3 is 4.74 Å². The number of hydrogen-bond donors (Lipinski definition) is 0. The Kier molecular flexibility index (Phi) is 6.37. The van der Waals surface area contributed by atoms with Gasteiger partial charge >= 0.3 is 0 Å². The van der Waals surface area contributed by atoms with E-state index in [2.05, 4.69) is 4.98 Å². The number of thiazole rings is 1. The van der Waals surface area contributed by atoms with E-state index >= 15 is 0 Å². The third-order valence-electron chi connectivity index (χ3n) is 4.75. The molecule has 0 atom stereocenters. The molecule has 1 amide bonds. The molecule has 0 fully saturated rings. The van der Waals surface area contributed by atoms with Crippen molar-refractivity contribution in [3.05, 3.63) is 88.2 Å². The topological polar surface area (TPSA) is 98.5 Å². The molecule has 0 bridgehead atoms. The highest BCUT2D eigenvalue weighted by atomic mass is 32.1. The Morgan fingerprint density at radius 2 is 1.94 bits per heavy atom. The molecule has 0 N–H and O–H groups in total. The third kappa shape index (κ3) is 4.73. The maximum absolute atomic E-state index is 13.3. The van der Waals surface area contributed by atoms with Crippen LogP contribution in [0.2, 0.25) is 0 Å². The van der Waals surface area contributed by atoms with Gasteiger partial charge in [0.1, 0.15) is 11.3 Å². The summed E-state index contributed by atoms with van der Waals surface area (Å²) in [5, 5.41) is 11.4. The van der Waals surface area contributed by atoms with Crippen molar-refractivity contribution >= 4 is 38.3 Å². The normalized spacial score (nSPS) is 10.8. The molecular weight excluding hydrogens is 428 g/mol. The first-order valence-corrected chi connectivity index (χ1v) is 10.8. The van der Waals surface area contributed by atoms with Crippen molar-refractivity contribution in [2.45, 2.75) is 19.9 Å². The minimum absolute atomic E-state index is 0.0128. The third-order valence-corrected chi connectivity index (χ3v) is 5.79. The molecule has 162 valence electrons. The lowest BCUT2D eigenvalue weighted by Gasteiger charge is -2.19. The largest absolute Gasteiger partial charge is 0.492 e. The van der Waals surface area contributed by atoms with Gasteiger partial charge in [0.25, 0.3) is 5.69 Å². The van der Waals surface area contributed by atoms with Crippen LogP contribution >= 0.6 is 11.3 Å². The summed E-state index contributed by atoms with van der Waals surface area (Å²) in [6.07, 6.45) is 1.76. The number of rotatable bonds is 8. The van der Waals surface area contributed by atoms with Gasteiger partial charge in [0.2, 0.25) is 5.91 Å². The van der Waals surface area contributed by atoms with Gasteiger partial charge in [-0.1, -0.05) is 35.6 Å². The Morgan fingerprint density at radius 3 is 2.62 bits per heavy atom. The zero-order valence-electron chi connectivity index (χ0n) is 17.3. The Balaban J connectivity index is 1.67. The fraction of sp³-hybridized carbons (Fsp3) is 0.174. The highest BCUT2D eigenvalue weighted by Gasteiger charge is 2.22. The Labute approximate surface area is 188 Å². The number of anilines is 1. The minimum atomic E-state index is -0.462. The summed E-state index contributed by atoms with van der Waals surface area (Å²) in [5.74, 6) is 0.495. The van der Waals surface area contributed by atoms with Crippen LogP contribution in [0, 0.1) is 10.1 Å². The number of para-hydroxylation sites is 1. The van der Waals surface area contributed by atoms with E-state index in [0.717, 1.165) is 10.4 Å². The van der Waals surface area contributed by atoms with Crippen LogP contribution in [0.25, 0.3) is 10.2 Å². The summed E-state index contributed by atoms with van der Waals surface area (Å²) >= 11 is 1.41. The van der Waals surface area contributed by atoms with Crippen molar-refractivity contribution in [2.24, 2.45) is 0 Å². The molecule has 8 nitrogen and oxygen atoms in total. The second-order valence-corrected chi connectivity index (χ2v) is 7.94. The molecule has 2 aromatic carbocycles.